The van der Waals surface area contributed by atoms with Crippen LogP contribution in [0.25, 0.3) is 0 Å². The van der Waals surface area contributed by atoms with Gasteiger partial charge in [-0.05, 0) is 17.7 Å². The van der Waals surface area contributed by atoms with E-state index in [9.17, 15) is 4.79 Å². The van der Waals surface area contributed by atoms with Gasteiger partial charge >= 0.3 is 0 Å². The molecule has 0 radical (unpaired) electrons. The number of nitrogens with two attached hydrogens (primary N) is 1. The number of nitrogens with one attached hydrogen (secondary N) is 1. The van der Waals surface area contributed by atoms with Gasteiger partial charge in [0.15, 0.2) is 5.69 Å². The molecule has 1 aromatic carbocycles. The minimum atomic E-state index is -0.243. The Morgan fingerprint density at radius 2 is 1.90 bits per heavy atom. The van der Waals surface area contributed by atoms with E-state index in [0.717, 1.165) is 0 Å². The van der Waals surface area contributed by atoms with E-state index in [1.54, 1.807) is 18.3 Å². The van der Waals surface area contributed by atoms with Crippen molar-refractivity contribution in [3.05, 3.63) is 59.9 Å². The number of carbonyl (C=O) groups excluding carboxylic acids is 1. The summed E-state index contributed by atoms with van der Waals surface area (Å²) in [5.41, 5.74) is 7.44. The molecule has 0 aliphatic rings. The van der Waals surface area contributed by atoms with E-state index in [0.29, 0.717) is 12.2 Å². The topological polar surface area (TPSA) is 68.0 Å². The van der Waals surface area contributed by atoms with Crippen LogP contribution in [0, 0.1) is 0 Å². The van der Waals surface area contributed by atoms with Crippen molar-refractivity contribution in [2.75, 3.05) is 12.3 Å². The number of carbonyl (C=O) groups is 1. The summed E-state index contributed by atoms with van der Waals surface area (Å²) in [5, 5.41) is 2.90. The quantitative estimate of drug-likeness (QED) is 0.895. The van der Waals surface area contributed by atoms with Gasteiger partial charge in [-0.15, -0.1) is 0 Å². The predicted octanol–water partition coefficient (Wildman–Crippen LogP) is 2.37. The molecule has 4 nitrogen and oxygen atoms in total. The van der Waals surface area contributed by atoms with Crippen molar-refractivity contribution in [2.45, 2.75) is 19.3 Å². The first-order valence-corrected chi connectivity index (χ1v) is 6.55. The molecule has 3 N–H and O–H groups in total. The van der Waals surface area contributed by atoms with E-state index in [1.165, 1.54) is 5.56 Å². The highest BCUT2D eigenvalue weighted by Gasteiger charge is 2.22. The smallest absolute Gasteiger partial charge is 0.272 e. The molecule has 1 heterocycles. The molecule has 0 saturated carbocycles. The Bertz CT molecular complexity index is 594. The third-order valence-electron chi connectivity index (χ3n) is 3.30. The number of nitrogens with zero attached hydrogens (tertiary/aromatic N) is 1. The Balaban J connectivity index is 2.05. The van der Waals surface area contributed by atoms with Gasteiger partial charge in [-0.3, -0.25) is 4.79 Å². The molecule has 0 bridgehead atoms. The standard InChI is InChI=1S/C16H19N3O/c1-16(2,12-7-4-3-5-8-12)11-19-15(20)14-13(17)9-6-10-18-14/h3-10H,11,17H2,1-2H3,(H,19,20). The minimum Gasteiger partial charge on any atom is -0.397 e. The van der Waals surface area contributed by atoms with E-state index < -0.39 is 0 Å². The molecule has 0 unspecified atom stereocenters. The molecular weight excluding hydrogens is 250 g/mol. The van der Waals surface area contributed by atoms with Crippen LogP contribution < -0.4 is 11.1 Å². The maximum Gasteiger partial charge on any atom is 0.272 e. The molecule has 4 heteroatoms. The second-order valence-corrected chi connectivity index (χ2v) is 5.37. The second-order valence-electron chi connectivity index (χ2n) is 5.37. The molecule has 2 rings (SSSR count). The molecular formula is C16H19N3O. The van der Waals surface area contributed by atoms with Gasteiger partial charge in [0.25, 0.3) is 5.91 Å². The summed E-state index contributed by atoms with van der Waals surface area (Å²) in [6.07, 6.45) is 1.56. The molecule has 20 heavy (non-hydrogen) atoms. The number of amides is 1. The van der Waals surface area contributed by atoms with Crippen molar-refractivity contribution in [3.8, 4) is 0 Å². The molecule has 104 valence electrons. The number of hydrogen-bond donors (Lipinski definition) is 2. The largest absolute Gasteiger partial charge is 0.397 e. The van der Waals surface area contributed by atoms with Crippen LogP contribution in [0.1, 0.15) is 29.9 Å². The Hall–Kier alpha value is -2.36. The Labute approximate surface area is 119 Å². The fourth-order valence-corrected chi connectivity index (χ4v) is 1.98. The predicted molar refractivity (Wildman–Crippen MR) is 80.5 cm³/mol. The molecule has 0 aliphatic heterocycles. The highest BCUT2D eigenvalue weighted by molar-refractivity contribution is 5.97. The molecule has 2 aromatic rings. The summed E-state index contributed by atoms with van der Waals surface area (Å²) in [6, 6.07) is 13.5. The number of benzene rings is 1. The summed E-state index contributed by atoms with van der Waals surface area (Å²) >= 11 is 0. The number of hydrogen-bond acceptors (Lipinski definition) is 3. The third kappa shape index (κ3) is 3.15. The second kappa shape index (κ2) is 5.74. The Morgan fingerprint density at radius 1 is 1.20 bits per heavy atom. The van der Waals surface area contributed by atoms with Gasteiger partial charge in [0, 0.05) is 18.2 Å². The zero-order valence-electron chi connectivity index (χ0n) is 11.8. The van der Waals surface area contributed by atoms with Gasteiger partial charge in [-0.2, -0.15) is 0 Å². The lowest BCUT2D eigenvalue weighted by Crippen LogP contribution is -2.37. The summed E-state index contributed by atoms with van der Waals surface area (Å²) in [6.45, 7) is 4.70. The third-order valence-corrected chi connectivity index (χ3v) is 3.30. The van der Waals surface area contributed by atoms with Crippen LogP contribution in [0.2, 0.25) is 0 Å². The van der Waals surface area contributed by atoms with Crippen LogP contribution in [0.5, 0.6) is 0 Å². The minimum absolute atomic E-state index is 0.152. The highest BCUT2D eigenvalue weighted by atomic mass is 16.1. The number of pyridine rings is 1. The van der Waals surface area contributed by atoms with Gasteiger partial charge < -0.3 is 11.1 Å². The zero-order valence-corrected chi connectivity index (χ0v) is 11.8. The number of aromatic nitrogens is 1. The molecule has 0 fully saturated rings. The maximum absolute atomic E-state index is 12.1. The van der Waals surface area contributed by atoms with Crippen LogP contribution in [0.3, 0.4) is 0 Å². The van der Waals surface area contributed by atoms with Crippen LogP contribution >= 0.6 is 0 Å². The van der Waals surface area contributed by atoms with Crippen molar-refractivity contribution in [1.29, 1.82) is 0 Å². The summed E-state index contributed by atoms with van der Waals surface area (Å²) in [7, 11) is 0. The van der Waals surface area contributed by atoms with Gasteiger partial charge in [-0.25, -0.2) is 4.98 Å². The molecule has 1 amide bonds. The first-order chi connectivity index (χ1) is 9.50. The highest BCUT2D eigenvalue weighted by Crippen LogP contribution is 2.21. The van der Waals surface area contributed by atoms with Crippen LogP contribution in [-0.2, 0) is 5.41 Å². The molecule has 0 aliphatic carbocycles. The lowest BCUT2D eigenvalue weighted by Gasteiger charge is -2.25. The van der Waals surface area contributed by atoms with Crippen molar-refractivity contribution >= 4 is 11.6 Å². The van der Waals surface area contributed by atoms with Crippen molar-refractivity contribution < 1.29 is 4.79 Å². The maximum atomic E-state index is 12.1. The Morgan fingerprint density at radius 3 is 2.55 bits per heavy atom. The van der Waals surface area contributed by atoms with Crippen LogP contribution in [0.4, 0.5) is 5.69 Å². The normalized spacial score (nSPS) is 11.1. The van der Waals surface area contributed by atoms with Crippen molar-refractivity contribution in [2.24, 2.45) is 0 Å². The van der Waals surface area contributed by atoms with Crippen LogP contribution in [0.15, 0.2) is 48.7 Å². The molecule has 0 spiro atoms. The van der Waals surface area contributed by atoms with Gasteiger partial charge in [-0.1, -0.05) is 44.2 Å². The van der Waals surface area contributed by atoms with Crippen molar-refractivity contribution in [3.63, 3.8) is 0 Å². The Kier molecular flexibility index (Phi) is 4.03. The number of nitrogen functional groups attached to an aromatic ring is 1. The average molecular weight is 269 g/mol. The number of rotatable bonds is 4. The zero-order chi connectivity index (χ0) is 14.6. The molecule has 0 atom stereocenters. The van der Waals surface area contributed by atoms with E-state index >= 15 is 0 Å². The number of anilines is 1. The lowest BCUT2D eigenvalue weighted by atomic mass is 9.84. The van der Waals surface area contributed by atoms with E-state index in [2.05, 4.69) is 36.3 Å². The first-order valence-electron chi connectivity index (χ1n) is 6.55. The average Bonchev–Trinajstić information content (AvgIpc) is 2.46. The van der Waals surface area contributed by atoms with Gasteiger partial charge in [0.05, 0.1) is 5.69 Å². The van der Waals surface area contributed by atoms with E-state index in [4.69, 9.17) is 5.73 Å². The first kappa shape index (κ1) is 14.1. The SMILES string of the molecule is CC(C)(CNC(=O)c1ncccc1N)c1ccccc1. The van der Waals surface area contributed by atoms with Gasteiger partial charge in [0.1, 0.15) is 0 Å². The van der Waals surface area contributed by atoms with Crippen molar-refractivity contribution in [1.82, 2.24) is 10.3 Å². The fraction of sp³-hybridized carbons (Fsp3) is 0.250. The molecule has 0 saturated heterocycles. The monoisotopic (exact) mass is 269 g/mol. The van der Waals surface area contributed by atoms with Gasteiger partial charge in [0.2, 0.25) is 0 Å². The van der Waals surface area contributed by atoms with Crippen LogP contribution in [-0.4, -0.2) is 17.4 Å². The molecule has 1 aromatic heterocycles. The fourth-order valence-electron chi connectivity index (χ4n) is 1.98. The summed E-state index contributed by atoms with van der Waals surface area (Å²) < 4.78 is 0. The lowest BCUT2D eigenvalue weighted by molar-refractivity contribution is 0.0941. The van der Waals surface area contributed by atoms with E-state index in [1.807, 2.05) is 18.2 Å². The van der Waals surface area contributed by atoms with E-state index in [-0.39, 0.29) is 17.0 Å². The summed E-state index contributed by atoms with van der Waals surface area (Å²) in [5.74, 6) is -0.243. The summed E-state index contributed by atoms with van der Waals surface area (Å²) in [4.78, 5) is 16.1.